The molecule has 0 spiro atoms. The van der Waals surface area contributed by atoms with E-state index < -0.39 is 17.1 Å². The van der Waals surface area contributed by atoms with E-state index in [2.05, 4.69) is 12.2 Å². The number of nitrogens with two attached hydrogens (primary N) is 1. The van der Waals surface area contributed by atoms with E-state index in [1.165, 1.54) is 0 Å². The lowest BCUT2D eigenvalue weighted by atomic mass is 10.1. The maximum Gasteiger partial charge on any atom is 0.399 e. The Balaban J connectivity index is 4.61. The molecule has 0 rings (SSSR count). The first-order valence-corrected chi connectivity index (χ1v) is 5.21. The zero-order chi connectivity index (χ0) is 12.2. The number of hydrogen-bond acceptors (Lipinski definition) is 2. The minimum absolute atomic E-state index is 0.0502. The smallest absolute Gasteiger partial charge is 0.393 e. The normalized spacial score (nSPS) is 14.7. The van der Waals surface area contributed by atoms with Crippen LogP contribution in [0.2, 0.25) is 0 Å². The fourth-order valence-electron chi connectivity index (χ4n) is 1.29. The third kappa shape index (κ3) is 4.79. The standard InChI is InChI=1S/C9H17F3N2S/c1-4-14(6(2)3)5-7(8(13)15)9(10,11)12/h6-7H,4-5H2,1-3H3,(H2,13,15). The molecule has 2 N–H and O–H groups in total. The number of thiocarbonyl (C=S) groups is 1. The summed E-state index contributed by atoms with van der Waals surface area (Å²) >= 11 is 4.45. The van der Waals surface area contributed by atoms with Crippen molar-refractivity contribution in [3.63, 3.8) is 0 Å². The van der Waals surface area contributed by atoms with Crippen LogP contribution in [0.25, 0.3) is 0 Å². The van der Waals surface area contributed by atoms with Crippen molar-refractivity contribution in [1.82, 2.24) is 4.90 Å². The van der Waals surface area contributed by atoms with Crippen LogP contribution in [-0.4, -0.2) is 35.2 Å². The van der Waals surface area contributed by atoms with Crippen LogP contribution in [0.1, 0.15) is 20.8 Å². The van der Waals surface area contributed by atoms with E-state index >= 15 is 0 Å². The van der Waals surface area contributed by atoms with Crippen molar-refractivity contribution in [2.45, 2.75) is 33.0 Å². The summed E-state index contributed by atoms with van der Waals surface area (Å²) in [6, 6.07) is 0.0502. The van der Waals surface area contributed by atoms with Crippen molar-refractivity contribution in [3.8, 4) is 0 Å². The van der Waals surface area contributed by atoms with Gasteiger partial charge >= 0.3 is 6.18 Å². The average Bonchev–Trinajstić information content (AvgIpc) is 2.01. The molecule has 0 radical (unpaired) electrons. The Labute approximate surface area is 93.6 Å². The molecule has 0 aliphatic carbocycles. The first-order chi connectivity index (χ1) is 6.70. The van der Waals surface area contributed by atoms with Gasteiger partial charge in [-0.3, -0.25) is 0 Å². The minimum Gasteiger partial charge on any atom is -0.393 e. The van der Waals surface area contributed by atoms with Crippen LogP contribution >= 0.6 is 12.2 Å². The monoisotopic (exact) mass is 242 g/mol. The van der Waals surface area contributed by atoms with Gasteiger partial charge in [-0.05, 0) is 20.4 Å². The van der Waals surface area contributed by atoms with Crippen molar-refractivity contribution < 1.29 is 13.2 Å². The van der Waals surface area contributed by atoms with Crippen LogP contribution in [0.3, 0.4) is 0 Å². The highest BCUT2D eigenvalue weighted by Gasteiger charge is 2.42. The van der Waals surface area contributed by atoms with E-state index in [1.807, 2.05) is 20.8 Å². The van der Waals surface area contributed by atoms with Crippen LogP contribution in [0, 0.1) is 5.92 Å². The zero-order valence-corrected chi connectivity index (χ0v) is 9.95. The van der Waals surface area contributed by atoms with Gasteiger partial charge in [-0.2, -0.15) is 13.2 Å². The molecular formula is C9H17F3N2S. The van der Waals surface area contributed by atoms with E-state index in [9.17, 15) is 13.2 Å². The highest BCUT2D eigenvalue weighted by molar-refractivity contribution is 7.80. The van der Waals surface area contributed by atoms with Gasteiger partial charge in [0.1, 0.15) is 5.92 Å². The van der Waals surface area contributed by atoms with Crippen LogP contribution in [0.5, 0.6) is 0 Å². The van der Waals surface area contributed by atoms with Crippen molar-refractivity contribution in [2.24, 2.45) is 11.7 Å². The fraction of sp³-hybridized carbons (Fsp3) is 0.889. The van der Waals surface area contributed by atoms with Crippen LogP contribution in [0.15, 0.2) is 0 Å². The minimum atomic E-state index is -4.35. The van der Waals surface area contributed by atoms with E-state index in [-0.39, 0.29) is 12.6 Å². The van der Waals surface area contributed by atoms with Crippen molar-refractivity contribution in [1.29, 1.82) is 0 Å². The Hall–Kier alpha value is -0.360. The number of rotatable bonds is 5. The molecule has 0 heterocycles. The molecule has 0 saturated carbocycles. The Morgan fingerprint density at radius 3 is 2.07 bits per heavy atom. The molecule has 6 heteroatoms. The quantitative estimate of drug-likeness (QED) is 0.749. The highest BCUT2D eigenvalue weighted by Crippen LogP contribution is 2.27. The Morgan fingerprint density at radius 2 is 1.87 bits per heavy atom. The van der Waals surface area contributed by atoms with Crippen molar-refractivity contribution in [2.75, 3.05) is 13.1 Å². The summed E-state index contributed by atoms with van der Waals surface area (Å²) in [7, 11) is 0. The van der Waals surface area contributed by atoms with Crippen LogP contribution in [0.4, 0.5) is 13.2 Å². The summed E-state index contributed by atoms with van der Waals surface area (Å²) in [5.74, 6) is -1.71. The Kier molecular flexibility index (Phi) is 5.51. The predicted octanol–water partition coefficient (Wildman–Crippen LogP) is 2.18. The lowest BCUT2D eigenvalue weighted by Crippen LogP contribution is -2.45. The maximum atomic E-state index is 12.5. The zero-order valence-electron chi connectivity index (χ0n) is 9.14. The molecule has 1 unspecified atom stereocenters. The summed E-state index contributed by atoms with van der Waals surface area (Å²) in [5.41, 5.74) is 5.11. The molecule has 0 aromatic rings. The van der Waals surface area contributed by atoms with Gasteiger partial charge in [0.2, 0.25) is 0 Å². The van der Waals surface area contributed by atoms with Gasteiger partial charge in [0.15, 0.2) is 0 Å². The third-order valence-corrected chi connectivity index (χ3v) is 2.58. The summed E-state index contributed by atoms with van der Waals surface area (Å²) in [6.07, 6.45) is -4.35. The second kappa shape index (κ2) is 5.65. The summed E-state index contributed by atoms with van der Waals surface area (Å²) < 4.78 is 37.6. The molecule has 90 valence electrons. The van der Waals surface area contributed by atoms with Crippen LogP contribution in [-0.2, 0) is 0 Å². The molecule has 0 bridgehead atoms. The molecule has 0 amide bonds. The average molecular weight is 242 g/mol. The van der Waals surface area contributed by atoms with Gasteiger partial charge in [0, 0.05) is 12.6 Å². The van der Waals surface area contributed by atoms with Gasteiger partial charge in [0.05, 0.1) is 4.99 Å². The molecule has 15 heavy (non-hydrogen) atoms. The number of hydrogen-bond donors (Lipinski definition) is 1. The molecule has 1 atom stereocenters. The molecule has 0 aliphatic heterocycles. The third-order valence-electron chi connectivity index (χ3n) is 2.29. The lowest BCUT2D eigenvalue weighted by Gasteiger charge is -2.30. The topological polar surface area (TPSA) is 29.3 Å². The van der Waals surface area contributed by atoms with Gasteiger partial charge in [-0.1, -0.05) is 19.1 Å². The summed E-state index contributed by atoms with van der Waals surface area (Å²) in [4.78, 5) is 1.21. The molecule has 0 saturated heterocycles. The number of nitrogens with zero attached hydrogens (tertiary/aromatic N) is 1. The van der Waals surface area contributed by atoms with Crippen molar-refractivity contribution >= 4 is 17.2 Å². The van der Waals surface area contributed by atoms with Gasteiger partial charge in [0.25, 0.3) is 0 Å². The van der Waals surface area contributed by atoms with Crippen molar-refractivity contribution in [3.05, 3.63) is 0 Å². The number of alkyl halides is 3. The molecule has 2 nitrogen and oxygen atoms in total. The lowest BCUT2D eigenvalue weighted by molar-refractivity contribution is -0.160. The molecular weight excluding hydrogens is 225 g/mol. The largest absolute Gasteiger partial charge is 0.399 e. The van der Waals surface area contributed by atoms with Gasteiger partial charge in [-0.25, -0.2) is 0 Å². The first kappa shape index (κ1) is 14.6. The Bertz CT molecular complexity index is 216. The predicted molar refractivity (Wildman–Crippen MR) is 58.7 cm³/mol. The van der Waals surface area contributed by atoms with E-state index in [0.717, 1.165) is 0 Å². The SMILES string of the molecule is CCN(CC(C(N)=S)C(F)(F)F)C(C)C. The summed E-state index contributed by atoms with van der Waals surface area (Å²) in [5, 5.41) is 0. The van der Waals surface area contributed by atoms with E-state index in [0.29, 0.717) is 6.54 Å². The molecule has 0 aromatic carbocycles. The molecule has 0 fully saturated rings. The van der Waals surface area contributed by atoms with E-state index in [1.54, 1.807) is 4.90 Å². The Morgan fingerprint density at radius 1 is 1.40 bits per heavy atom. The second-order valence-electron chi connectivity index (χ2n) is 3.68. The second-order valence-corrected chi connectivity index (χ2v) is 4.15. The fourth-order valence-corrected chi connectivity index (χ4v) is 1.50. The molecule has 0 aromatic heterocycles. The maximum absolute atomic E-state index is 12.5. The van der Waals surface area contributed by atoms with E-state index in [4.69, 9.17) is 5.73 Å². The first-order valence-electron chi connectivity index (χ1n) is 4.80. The van der Waals surface area contributed by atoms with Crippen LogP contribution < -0.4 is 5.73 Å². The summed E-state index contributed by atoms with van der Waals surface area (Å²) in [6.45, 7) is 5.89. The van der Waals surface area contributed by atoms with Gasteiger partial charge in [-0.15, -0.1) is 0 Å². The molecule has 0 aliphatic rings. The highest BCUT2D eigenvalue weighted by atomic mass is 32.1. The number of halogens is 3. The van der Waals surface area contributed by atoms with Gasteiger partial charge < -0.3 is 10.6 Å².